The molecule has 0 aliphatic carbocycles. The van der Waals surface area contributed by atoms with Crippen molar-refractivity contribution in [3.63, 3.8) is 0 Å². The third kappa shape index (κ3) is 3.72. The maximum atomic E-state index is 6.22. The highest BCUT2D eigenvalue weighted by molar-refractivity contribution is 7.22. The molecule has 0 spiro atoms. The second-order valence-electron chi connectivity index (χ2n) is 5.92. The number of methoxy groups -OCH3 is 2. The van der Waals surface area contributed by atoms with Gasteiger partial charge in [0.1, 0.15) is 16.3 Å². The molecule has 0 fully saturated rings. The van der Waals surface area contributed by atoms with Crippen LogP contribution in [0.5, 0.6) is 11.5 Å². The van der Waals surface area contributed by atoms with E-state index >= 15 is 0 Å². The molecule has 0 saturated carbocycles. The van der Waals surface area contributed by atoms with E-state index < -0.39 is 0 Å². The number of nitrogens with zero attached hydrogens (tertiary/aromatic N) is 3. The second kappa shape index (κ2) is 8.00. The number of hydrogen-bond donors (Lipinski definition) is 1. The molecule has 0 radical (unpaired) electrons. The Morgan fingerprint density at radius 3 is 2.64 bits per heavy atom. The number of rotatable bonds is 6. The molecule has 0 saturated heterocycles. The molecule has 4 aromatic rings. The first kappa shape index (κ1) is 18.5. The molecule has 28 heavy (non-hydrogen) atoms. The van der Waals surface area contributed by atoms with Gasteiger partial charge in [-0.1, -0.05) is 23.7 Å². The van der Waals surface area contributed by atoms with Crippen molar-refractivity contribution in [1.29, 1.82) is 0 Å². The van der Waals surface area contributed by atoms with Gasteiger partial charge in [0.2, 0.25) is 0 Å². The Bertz CT molecular complexity index is 1120. The highest BCUT2D eigenvalue weighted by Crippen LogP contribution is 2.34. The minimum atomic E-state index is 0.557. The van der Waals surface area contributed by atoms with Gasteiger partial charge in [0, 0.05) is 12.7 Å². The Hall–Kier alpha value is -2.90. The average molecular weight is 413 g/mol. The van der Waals surface area contributed by atoms with E-state index in [9.17, 15) is 0 Å². The van der Waals surface area contributed by atoms with Gasteiger partial charge in [-0.15, -0.1) is 11.3 Å². The lowest BCUT2D eigenvalue weighted by molar-refractivity contribution is 0.354. The van der Waals surface area contributed by atoms with Crippen LogP contribution in [0.4, 0.5) is 5.82 Å². The monoisotopic (exact) mass is 412 g/mol. The van der Waals surface area contributed by atoms with Crippen LogP contribution in [0.15, 0.2) is 48.7 Å². The van der Waals surface area contributed by atoms with E-state index in [1.807, 2.05) is 42.5 Å². The van der Waals surface area contributed by atoms with E-state index in [1.54, 1.807) is 20.4 Å². The van der Waals surface area contributed by atoms with Gasteiger partial charge in [0.15, 0.2) is 17.3 Å². The first-order valence-corrected chi connectivity index (χ1v) is 9.70. The molecule has 0 atom stereocenters. The molecule has 1 N–H and O–H groups in total. The smallest absolute Gasteiger partial charge is 0.181 e. The Morgan fingerprint density at radius 1 is 1.04 bits per heavy atom. The van der Waals surface area contributed by atoms with Gasteiger partial charge in [-0.2, -0.15) is 0 Å². The second-order valence-corrected chi connectivity index (χ2v) is 7.58. The van der Waals surface area contributed by atoms with Crippen LogP contribution in [0.2, 0.25) is 4.34 Å². The summed E-state index contributed by atoms with van der Waals surface area (Å²) >= 11 is 7.64. The molecule has 8 heteroatoms. The number of nitrogens with one attached hydrogen (secondary N) is 1. The van der Waals surface area contributed by atoms with E-state index in [-0.39, 0.29) is 0 Å². The van der Waals surface area contributed by atoms with Crippen molar-refractivity contribution in [3.8, 4) is 23.0 Å². The Kier molecular flexibility index (Phi) is 5.27. The van der Waals surface area contributed by atoms with Gasteiger partial charge in [-0.3, -0.25) is 4.98 Å². The SMILES string of the molecule is COc1ccc(CNc2nc(-c3ccccn3)nc3sc(Cl)cc23)cc1OC. The predicted octanol–water partition coefficient (Wildman–Crippen LogP) is 5.04. The third-order valence-electron chi connectivity index (χ3n) is 4.16. The van der Waals surface area contributed by atoms with Crippen molar-refractivity contribution in [2.45, 2.75) is 6.54 Å². The van der Waals surface area contributed by atoms with E-state index in [4.69, 9.17) is 21.1 Å². The fraction of sp³-hybridized carbons (Fsp3) is 0.150. The molecule has 0 amide bonds. The maximum absolute atomic E-state index is 6.22. The minimum Gasteiger partial charge on any atom is -0.493 e. The number of aromatic nitrogens is 3. The number of halogens is 1. The summed E-state index contributed by atoms with van der Waals surface area (Å²) in [6.07, 6.45) is 1.72. The van der Waals surface area contributed by atoms with Crippen molar-refractivity contribution < 1.29 is 9.47 Å². The predicted molar refractivity (Wildman–Crippen MR) is 113 cm³/mol. The number of thiophene rings is 1. The molecule has 0 aliphatic rings. The number of benzene rings is 1. The quantitative estimate of drug-likeness (QED) is 0.478. The standard InChI is InChI=1S/C20H17ClN4O2S/c1-26-15-7-6-12(9-16(15)27-2)11-23-18-13-10-17(21)28-20(13)25-19(24-18)14-5-3-4-8-22-14/h3-10H,11H2,1-2H3,(H,23,24,25). The topological polar surface area (TPSA) is 69.2 Å². The van der Waals surface area contributed by atoms with Crippen molar-refractivity contribution in [1.82, 2.24) is 15.0 Å². The molecule has 3 aromatic heterocycles. The largest absolute Gasteiger partial charge is 0.493 e. The first-order chi connectivity index (χ1) is 13.7. The Labute approximate surface area is 171 Å². The number of anilines is 1. The van der Waals surface area contributed by atoms with E-state index in [1.165, 1.54) is 11.3 Å². The zero-order chi connectivity index (χ0) is 19.5. The summed E-state index contributed by atoms with van der Waals surface area (Å²) in [5, 5.41) is 4.27. The van der Waals surface area contributed by atoms with Crippen LogP contribution in [-0.2, 0) is 6.54 Å². The average Bonchev–Trinajstić information content (AvgIpc) is 3.12. The molecule has 0 aliphatic heterocycles. The third-order valence-corrected chi connectivity index (χ3v) is 5.32. The summed E-state index contributed by atoms with van der Waals surface area (Å²) in [4.78, 5) is 14.5. The van der Waals surface area contributed by atoms with Crippen LogP contribution in [-0.4, -0.2) is 29.2 Å². The van der Waals surface area contributed by atoms with Gasteiger partial charge < -0.3 is 14.8 Å². The number of pyridine rings is 1. The van der Waals surface area contributed by atoms with Crippen molar-refractivity contribution in [3.05, 3.63) is 58.6 Å². The van der Waals surface area contributed by atoms with Crippen LogP contribution in [0.3, 0.4) is 0 Å². The molecule has 0 bridgehead atoms. The van der Waals surface area contributed by atoms with Crippen molar-refractivity contribution in [2.24, 2.45) is 0 Å². The fourth-order valence-corrected chi connectivity index (χ4v) is 3.90. The Balaban J connectivity index is 1.68. The molecular weight excluding hydrogens is 396 g/mol. The van der Waals surface area contributed by atoms with Crippen LogP contribution < -0.4 is 14.8 Å². The van der Waals surface area contributed by atoms with Gasteiger partial charge in [-0.05, 0) is 35.9 Å². The zero-order valence-electron chi connectivity index (χ0n) is 15.3. The number of hydrogen-bond acceptors (Lipinski definition) is 7. The summed E-state index contributed by atoms with van der Waals surface area (Å²) < 4.78 is 11.3. The highest BCUT2D eigenvalue weighted by atomic mass is 35.5. The van der Waals surface area contributed by atoms with Gasteiger partial charge in [-0.25, -0.2) is 9.97 Å². The minimum absolute atomic E-state index is 0.557. The fourth-order valence-electron chi connectivity index (χ4n) is 2.81. The first-order valence-electron chi connectivity index (χ1n) is 8.51. The van der Waals surface area contributed by atoms with E-state index in [0.29, 0.717) is 39.7 Å². The van der Waals surface area contributed by atoms with E-state index in [0.717, 1.165) is 15.8 Å². The van der Waals surface area contributed by atoms with Crippen LogP contribution >= 0.6 is 22.9 Å². The van der Waals surface area contributed by atoms with Crippen LogP contribution in [0, 0.1) is 0 Å². The summed E-state index contributed by atoms with van der Waals surface area (Å²) in [6, 6.07) is 13.3. The van der Waals surface area contributed by atoms with E-state index in [2.05, 4.69) is 20.3 Å². The summed E-state index contributed by atoms with van der Waals surface area (Å²) in [7, 11) is 3.24. The molecule has 1 aromatic carbocycles. The number of fused-ring (bicyclic) bond motifs is 1. The van der Waals surface area contributed by atoms with Gasteiger partial charge in [0.05, 0.1) is 23.9 Å². The van der Waals surface area contributed by atoms with Crippen LogP contribution in [0.25, 0.3) is 21.7 Å². The summed E-state index contributed by atoms with van der Waals surface area (Å²) in [6.45, 7) is 0.557. The molecule has 0 unspecified atom stereocenters. The van der Waals surface area contributed by atoms with Gasteiger partial charge >= 0.3 is 0 Å². The van der Waals surface area contributed by atoms with Crippen molar-refractivity contribution >= 4 is 39.0 Å². The lowest BCUT2D eigenvalue weighted by atomic mass is 10.2. The molecule has 3 heterocycles. The summed E-state index contributed by atoms with van der Waals surface area (Å²) in [5.74, 6) is 2.64. The molecule has 6 nitrogen and oxygen atoms in total. The van der Waals surface area contributed by atoms with Crippen molar-refractivity contribution in [2.75, 3.05) is 19.5 Å². The highest BCUT2D eigenvalue weighted by Gasteiger charge is 2.13. The van der Waals surface area contributed by atoms with Gasteiger partial charge in [0.25, 0.3) is 0 Å². The maximum Gasteiger partial charge on any atom is 0.181 e. The van der Waals surface area contributed by atoms with Crippen LogP contribution in [0.1, 0.15) is 5.56 Å². The molecule has 142 valence electrons. The summed E-state index contributed by atoms with van der Waals surface area (Å²) in [5.41, 5.74) is 1.74. The Morgan fingerprint density at radius 2 is 1.89 bits per heavy atom. The lowest BCUT2D eigenvalue weighted by Gasteiger charge is -2.11. The normalized spacial score (nSPS) is 10.8. The molecular formula is C20H17ClN4O2S. The zero-order valence-corrected chi connectivity index (χ0v) is 16.8. The lowest BCUT2D eigenvalue weighted by Crippen LogP contribution is -2.04. The number of ether oxygens (including phenoxy) is 2. The molecule has 4 rings (SSSR count).